The van der Waals surface area contributed by atoms with E-state index in [2.05, 4.69) is 0 Å². The van der Waals surface area contributed by atoms with Gasteiger partial charge in [-0.25, -0.2) is 0 Å². The first-order valence-electron chi connectivity index (χ1n) is 2.97. The number of hydrogen-bond donors (Lipinski definition) is 0. The fourth-order valence-electron chi connectivity index (χ4n) is 0.742. The molecule has 9 heavy (non-hydrogen) atoms. The maximum absolute atomic E-state index is 10.3. The van der Waals surface area contributed by atoms with Crippen LogP contribution < -0.4 is 5.11 Å². The van der Waals surface area contributed by atoms with E-state index in [1.54, 1.807) is 0 Å². The van der Waals surface area contributed by atoms with Gasteiger partial charge in [0.05, 0.1) is 0 Å². The van der Waals surface area contributed by atoms with Crippen LogP contribution in [0, 0.1) is 0 Å². The van der Waals surface area contributed by atoms with Crippen molar-refractivity contribution < 1.29 is 5.11 Å². The Morgan fingerprint density at radius 3 is 2.44 bits per heavy atom. The van der Waals surface area contributed by atoms with Crippen LogP contribution in [0.1, 0.15) is 6.92 Å². The van der Waals surface area contributed by atoms with Crippen molar-refractivity contribution in [2.24, 2.45) is 0 Å². The van der Waals surface area contributed by atoms with Gasteiger partial charge in [0.1, 0.15) is 0 Å². The second kappa shape index (κ2) is 2.65. The summed E-state index contributed by atoms with van der Waals surface area (Å²) in [6.07, 6.45) is 7.78. The summed E-state index contributed by atoms with van der Waals surface area (Å²) >= 11 is 0. The van der Waals surface area contributed by atoms with E-state index in [1.165, 1.54) is 0 Å². The Balaban J connectivity index is 2.81. The normalized spacial score (nSPS) is 15.1. The molecule has 0 fully saturated rings. The van der Waals surface area contributed by atoms with Gasteiger partial charge >= 0.3 is 0 Å². The van der Waals surface area contributed by atoms with Gasteiger partial charge in [0.15, 0.2) is 0 Å². The molecule has 0 aromatic carbocycles. The lowest BCUT2D eigenvalue weighted by Crippen LogP contribution is -2.07. The Morgan fingerprint density at radius 2 is 2.00 bits per heavy atom. The van der Waals surface area contributed by atoms with Crippen molar-refractivity contribution in [1.82, 2.24) is 0 Å². The SMILES string of the molecule is CC(C[O-])=C1C=CC=C1. The van der Waals surface area contributed by atoms with Gasteiger partial charge in [-0.1, -0.05) is 29.9 Å². The molecule has 0 atom stereocenters. The van der Waals surface area contributed by atoms with Crippen molar-refractivity contribution in [1.29, 1.82) is 0 Å². The molecule has 0 spiro atoms. The van der Waals surface area contributed by atoms with E-state index in [0.717, 1.165) is 11.1 Å². The third kappa shape index (κ3) is 1.30. The molecule has 1 rings (SSSR count). The van der Waals surface area contributed by atoms with Crippen molar-refractivity contribution in [2.45, 2.75) is 6.92 Å². The first kappa shape index (κ1) is 6.30. The molecule has 0 aromatic rings. The minimum absolute atomic E-state index is 0.0932. The van der Waals surface area contributed by atoms with Gasteiger partial charge in [-0.15, -0.1) is 6.61 Å². The van der Waals surface area contributed by atoms with Gasteiger partial charge in [-0.05, 0) is 12.5 Å². The van der Waals surface area contributed by atoms with E-state index in [0.29, 0.717) is 0 Å². The summed E-state index contributed by atoms with van der Waals surface area (Å²) in [6.45, 7) is 1.77. The quantitative estimate of drug-likeness (QED) is 0.503. The summed E-state index contributed by atoms with van der Waals surface area (Å²) in [5.74, 6) is 0. The molecule has 0 radical (unpaired) electrons. The fourth-order valence-corrected chi connectivity index (χ4v) is 0.742. The Bertz CT molecular complexity index is 171. The molecule has 0 unspecified atom stereocenters. The minimum Gasteiger partial charge on any atom is -0.851 e. The van der Waals surface area contributed by atoms with Crippen molar-refractivity contribution >= 4 is 0 Å². The van der Waals surface area contributed by atoms with Crippen LogP contribution in [0.25, 0.3) is 0 Å². The van der Waals surface area contributed by atoms with Crippen LogP contribution in [0.5, 0.6) is 0 Å². The molecule has 0 aromatic heterocycles. The zero-order valence-corrected chi connectivity index (χ0v) is 5.42. The third-order valence-electron chi connectivity index (χ3n) is 1.37. The molecule has 0 heterocycles. The highest BCUT2D eigenvalue weighted by Crippen LogP contribution is 2.11. The van der Waals surface area contributed by atoms with E-state index < -0.39 is 0 Å². The first-order valence-corrected chi connectivity index (χ1v) is 2.97. The lowest BCUT2D eigenvalue weighted by atomic mass is 10.1. The maximum atomic E-state index is 10.3. The molecule has 0 saturated carbocycles. The molecule has 1 aliphatic carbocycles. The van der Waals surface area contributed by atoms with Gasteiger partial charge in [0.2, 0.25) is 0 Å². The molecule has 0 aliphatic heterocycles. The number of allylic oxidation sites excluding steroid dienone is 5. The second-order valence-corrected chi connectivity index (χ2v) is 2.10. The van der Waals surface area contributed by atoms with Crippen LogP contribution in [0.3, 0.4) is 0 Å². The van der Waals surface area contributed by atoms with Gasteiger partial charge in [-0.3, -0.25) is 0 Å². The largest absolute Gasteiger partial charge is 0.851 e. The highest BCUT2D eigenvalue weighted by Gasteiger charge is 1.92. The van der Waals surface area contributed by atoms with E-state index >= 15 is 0 Å². The molecule has 1 nitrogen and oxygen atoms in total. The molecule has 0 saturated heterocycles. The Labute approximate surface area is 55.0 Å². The monoisotopic (exact) mass is 121 g/mol. The second-order valence-electron chi connectivity index (χ2n) is 2.10. The molecule has 0 amide bonds. The standard InChI is InChI=1S/C8H9O/c1-7(6-9)8-4-2-3-5-8/h2-5H,6H2,1H3/q-1. The van der Waals surface area contributed by atoms with Crippen LogP contribution in [-0.2, 0) is 0 Å². The van der Waals surface area contributed by atoms with Crippen molar-refractivity contribution in [3.05, 3.63) is 35.5 Å². The minimum atomic E-state index is -0.0932. The molecule has 1 heteroatoms. The van der Waals surface area contributed by atoms with E-state index in [4.69, 9.17) is 0 Å². The number of hydrogen-bond acceptors (Lipinski definition) is 1. The lowest BCUT2D eigenvalue weighted by molar-refractivity contribution is -0.356. The van der Waals surface area contributed by atoms with Crippen molar-refractivity contribution in [3.8, 4) is 0 Å². The molecule has 1 aliphatic rings. The van der Waals surface area contributed by atoms with E-state index in [9.17, 15) is 5.11 Å². The van der Waals surface area contributed by atoms with Crippen LogP contribution >= 0.6 is 0 Å². The molecule has 0 N–H and O–H groups in total. The van der Waals surface area contributed by atoms with Crippen LogP contribution in [0.4, 0.5) is 0 Å². The summed E-state index contributed by atoms with van der Waals surface area (Å²) < 4.78 is 0. The van der Waals surface area contributed by atoms with Crippen LogP contribution in [0.15, 0.2) is 35.5 Å². The topological polar surface area (TPSA) is 23.1 Å². The van der Waals surface area contributed by atoms with E-state index in [1.807, 2.05) is 31.2 Å². The molecular formula is C8H9O-. The van der Waals surface area contributed by atoms with Gasteiger partial charge in [-0.2, -0.15) is 0 Å². The van der Waals surface area contributed by atoms with Crippen molar-refractivity contribution in [3.63, 3.8) is 0 Å². The summed E-state index contributed by atoms with van der Waals surface area (Å²) in [5, 5.41) is 10.3. The Morgan fingerprint density at radius 1 is 1.44 bits per heavy atom. The Kier molecular flexibility index (Phi) is 1.85. The summed E-state index contributed by atoms with van der Waals surface area (Å²) in [7, 11) is 0. The Hall–Kier alpha value is -0.820. The van der Waals surface area contributed by atoms with Crippen LogP contribution in [0.2, 0.25) is 0 Å². The zero-order chi connectivity index (χ0) is 6.69. The first-order chi connectivity index (χ1) is 4.34. The lowest BCUT2D eigenvalue weighted by Gasteiger charge is -2.04. The van der Waals surface area contributed by atoms with E-state index in [-0.39, 0.29) is 6.61 Å². The maximum Gasteiger partial charge on any atom is -0.0281 e. The predicted octanol–water partition coefficient (Wildman–Crippen LogP) is 0.789. The van der Waals surface area contributed by atoms with Crippen LogP contribution in [-0.4, -0.2) is 6.61 Å². The highest BCUT2D eigenvalue weighted by atomic mass is 16.3. The average Bonchev–Trinajstić information content (AvgIpc) is 2.37. The fraction of sp³-hybridized carbons (Fsp3) is 0.250. The van der Waals surface area contributed by atoms with Gasteiger partial charge in [0.25, 0.3) is 0 Å². The number of rotatable bonds is 1. The third-order valence-corrected chi connectivity index (χ3v) is 1.37. The summed E-state index contributed by atoms with van der Waals surface area (Å²) in [4.78, 5) is 0. The molecule has 48 valence electrons. The average molecular weight is 121 g/mol. The summed E-state index contributed by atoms with van der Waals surface area (Å²) in [5.41, 5.74) is 1.99. The smallest absolute Gasteiger partial charge is 0.0281 e. The predicted molar refractivity (Wildman–Crippen MR) is 35.8 cm³/mol. The summed E-state index contributed by atoms with van der Waals surface area (Å²) in [6, 6.07) is 0. The zero-order valence-electron chi connectivity index (χ0n) is 5.42. The van der Waals surface area contributed by atoms with Gasteiger partial charge < -0.3 is 5.11 Å². The van der Waals surface area contributed by atoms with Gasteiger partial charge in [0, 0.05) is 0 Å². The molecular weight excluding hydrogens is 112 g/mol. The molecule has 0 bridgehead atoms. The highest BCUT2D eigenvalue weighted by molar-refractivity contribution is 5.42. The van der Waals surface area contributed by atoms with Crippen molar-refractivity contribution in [2.75, 3.05) is 6.61 Å².